The molecule has 5 rings (SSSR count). The Morgan fingerprint density at radius 1 is 0.925 bits per heavy atom. The number of hydrogen-bond acceptors (Lipinski definition) is 4. The number of likely N-dealkylation sites (tertiary alicyclic amines) is 1. The van der Waals surface area contributed by atoms with Gasteiger partial charge < -0.3 is 10.1 Å². The molecule has 3 aromatic carbocycles. The molecule has 0 aromatic heterocycles. The Bertz CT molecular complexity index is 1400. The van der Waals surface area contributed by atoms with Crippen molar-refractivity contribution in [3.05, 3.63) is 88.1 Å². The van der Waals surface area contributed by atoms with Gasteiger partial charge in [0.25, 0.3) is 5.91 Å². The van der Waals surface area contributed by atoms with Gasteiger partial charge in [0.1, 0.15) is 23.3 Å². The summed E-state index contributed by atoms with van der Waals surface area (Å²) < 4.78 is 99.1. The lowest BCUT2D eigenvalue weighted by Gasteiger charge is -2.53. The van der Waals surface area contributed by atoms with Crippen LogP contribution in [0.25, 0.3) is 0 Å². The normalized spacial score (nSPS) is 18.3. The van der Waals surface area contributed by atoms with Gasteiger partial charge in [0, 0.05) is 41.8 Å². The van der Waals surface area contributed by atoms with Crippen LogP contribution >= 0.6 is 15.9 Å². The van der Waals surface area contributed by atoms with Crippen LogP contribution in [0, 0.1) is 5.82 Å². The number of ether oxygens (including phenoxy) is 1. The van der Waals surface area contributed by atoms with Crippen LogP contribution in [0.1, 0.15) is 34.8 Å². The molecule has 0 aliphatic carbocycles. The molecule has 2 heterocycles. The van der Waals surface area contributed by atoms with Crippen molar-refractivity contribution in [1.82, 2.24) is 4.90 Å². The van der Waals surface area contributed by atoms with Crippen LogP contribution < -0.4 is 15.0 Å². The third-order valence-corrected chi connectivity index (χ3v) is 7.50. The summed E-state index contributed by atoms with van der Waals surface area (Å²) in [6.07, 6.45) is -9.53. The number of carbonyl (C=O) groups excluding carboxylic acids is 1. The molecule has 0 radical (unpaired) electrons. The van der Waals surface area contributed by atoms with Crippen LogP contribution in [0.15, 0.2) is 71.2 Å². The molecule has 212 valence electrons. The second-order valence-corrected chi connectivity index (χ2v) is 10.5. The smallest absolute Gasteiger partial charge is 0.406 e. The topological polar surface area (TPSA) is 44.8 Å². The highest BCUT2D eigenvalue weighted by atomic mass is 79.9. The predicted molar refractivity (Wildman–Crippen MR) is 136 cm³/mol. The zero-order valence-corrected chi connectivity index (χ0v) is 22.1. The molecule has 1 saturated heterocycles. The minimum absolute atomic E-state index is 0.0351. The molecule has 1 fully saturated rings. The predicted octanol–water partition coefficient (Wildman–Crippen LogP) is 7.65. The molecule has 1 N–H and O–H groups in total. The monoisotopic (exact) mass is 631 g/mol. The Morgan fingerprint density at radius 2 is 1.60 bits per heavy atom. The number of nitrogens with zero attached hydrogens (tertiary/aromatic N) is 2. The van der Waals surface area contributed by atoms with Gasteiger partial charge in [0.2, 0.25) is 0 Å². The van der Waals surface area contributed by atoms with Crippen molar-refractivity contribution < 1.29 is 40.3 Å². The van der Waals surface area contributed by atoms with E-state index in [1.165, 1.54) is 34.1 Å². The number of piperidine rings is 1. The zero-order chi connectivity index (χ0) is 28.9. The maximum Gasteiger partial charge on any atom is 0.573 e. The van der Waals surface area contributed by atoms with Crippen LogP contribution in [0.5, 0.6) is 5.75 Å². The summed E-state index contributed by atoms with van der Waals surface area (Å²) in [5.74, 6) is -1.73. The number of alkyl halides is 6. The Hall–Kier alpha value is -3.32. The highest BCUT2D eigenvalue weighted by molar-refractivity contribution is 9.10. The van der Waals surface area contributed by atoms with Crippen LogP contribution in [0.4, 0.5) is 42.1 Å². The van der Waals surface area contributed by atoms with Crippen LogP contribution in [0.2, 0.25) is 0 Å². The lowest BCUT2D eigenvalue weighted by atomic mass is 9.88. The molecular weight excluding hydrogens is 611 g/mol. The molecule has 40 heavy (non-hydrogen) atoms. The standard InChI is InChI=1S/C27H21BrF7N3O2/c28-17-4-9-21-22(15-17)36-25(38(24(21)39)19-5-7-20(8-6-19)40-27(33,34)35)10-12-37(13-11-25)23(26(30,31)32)16-2-1-3-18(29)14-16/h1-9,14-15,23,36H,10-13H2. The highest BCUT2D eigenvalue weighted by Crippen LogP contribution is 2.45. The maximum atomic E-state index is 14.2. The van der Waals surface area contributed by atoms with Crippen molar-refractivity contribution in [2.24, 2.45) is 0 Å². The average Bonchev–Trinajstić information content (AvgIpc) is 2.85. The van der Waals surface area contributed by atoms with Crippen molar-refractivity contribution in [2.45, 2.75) is 37.1 Å². The van der Waals surface area contributed by atoms with Gasteiger partial charge >= 0.3 is 12.5 Å². The lowest BCUT2D eigenvalue weighted by molar-refractivity contribution is -0.274. The summed E-state index contributed by atoms with van der Waals surface area (Å²) in [6, 6.07) is 12.0. The third-order valence-electron chi connectivity index (χ3n) is 7.00. The summed E-state index contributed by atoms with van der Waals surface area (Å²) >= 11 is 3.36. The summed E-state index contributed by atoms with van der Waals surface area (Å²) in [4.78, 5) is 16.3. The number of benzene rings is 3. The minimum atomic E-state index is -4.90. The number of halogens is 8. The number of carbonyl (C=O) groups is 1. The third kappa shape index (κ3) is 5.62. The fourth-order valence-corrected chi connectivity index (χ4v) is 5.73. The van der Waals surface area contributed by atoms with E-state index < -0.39 is 41.7 Å². The Kier molecular flexibility index (Phi) is 7.24. The van der Waals surface area contributed by atoms with Gasteiger partial charge in [-0.3, -0.25) is 14.6 Å². The average molecular weight is 632 g/mol. The van der Waals surface area contributed by atoms with E-state index in [9.17, 15) is 35.5 Å². The first-order chi connectivity index (χ1) is 18.8. The number of rotatable bonds is 4. The first-order valence-electron chi connectivity index (χ1n) is 12.1. The van der Waals surface area contributed by atoms with Crippen molar-refractivity contribution in [3.8, 4) is 5.75 Å². The van der Waals surface area contributed by atoms with E-state index in [1.807, 2.05) is 0 Å². The van der Waals surface area contributed by atoms with Crippen LogP contribution in [-0.2, 0) is 0 Å². The molecule has 1 atom stereocenters. The van der Waals surface area contributed by atoms with E-state index in [-0.39, 0.29) is 37.2 Å². The first-order valence-corrected chi connectivity index (χ1v) is 12.9. The number of fused-ring (bicyclic) bond motifs is 1. The van der Waals surface area contributed by atoms with Crippen molar-refractivity contribution in [1.29, 1.82) is 0 Å². The van der Waals surface area contributed by atoms with Crippen molar-refractivity contribution in [3.63, 3.8) is 0 Å². The van der Waals surface area contributed by atoms with E-state index in [2.05, 4.69) is 26.0 Å². The van der Waals surface area contributed by atoms with E-state index in [0.29, 0.717) is 15.7 Å². The van der Waals surface area contributed by atoms with Gasteiger partial charge in [0.15, 0.2) is 0 Å². The van der Waals surface area contributed by atoms with E-state index >= 15 is 0 Å². The van der Waals surface area contributed by atoms with E-state index in [1.54, 1.807) is 18.2 Å². The molecule has 13 heteroatoms. The fourth-order valence-electron chi connectivity index (χ4n) is 5.37. The minimum Gasteiger partial charge on any atom is -0.406 e. The SMILES string of the molecule is O=C1c2ccc(Br)cc2NC2(CCN(C(c3cccc(F)c3)C(F)(F)F)CC2)N1c1ccc(OC(F)(F)F)cc1. The quantitative estimate of drug-likeness (QED) is 0.300. The Balaban J connectivity index is 1.50. The lowest BCUT2D eigenvalue weighted by Crippen LogP contribution is -2.65. The number of hydrogen-bond donors (Lipinski definition) is 1. The maximum absolute atomic E-state index is 14.2. The molecule has 1 unspecified atom stereocenters. The second kappa shape index (κ2) is 10.3. The molecule has 2 aliphatic heterocycles. The molecule has 1 spiro atoms. The van der Waals surface area contributed by atoms with Gasteiger partial charge in [-0.2, -0.15) is 13.2 Å². The van der Waals surface area contributed by atoms with Gasteiger partial charge in [-0.15, -0.1) is 13.2 Å². The van der Waals surface area contributed by atoms with E-state index in [0.717, 1.165) is 24.3 Å². The summed E-state index contributed by atoms with van der Waals surface area (Å²) in [5, 5.41) is 3.33. The second-order valence-electron chi connectivity index (χ2n) is 9.56. The first kappa shape index (κ1) is 28.2. The van der Waals surface area contributed by atoms with Gasteiger partial charge in [-0.1, -0.05) is 28.1 Å². The van der Waals surface area contributed by atoms with Crippen molar-refractivity contribution >= 4 is 33.2 Å². The Labute approximate surface area is 232 Å². The van der Waals surface area contributed by atoms with Crippen LogP contribution in [-0.4, -0.2) is 42.1 Å². The number of nitrogens with one attached hydrogen (secondary N) is 1. The van der Waals surface area contributed by atoms with Gasteiger partial charge in [-0.25, -0.2) is 4.39 Å². The highest BCUT2D eigenvalue weighted by Gasteiger charge is 2.52. The zero-order valence-electron chi connectivity index (χ0n) is 20.5. The fraction of sp³-hybridized carbons (Fsp3) is 0.296. The molecule has 1 amide bonds. The summed E-state index contributed by atoms with van der Waals surface area (Å²) in [5.41, 5.74) is -0.418. The molecule has 5 nitrogen and oxygen atoms in total. The summed E-state index contributed by atoms with van der Waals surface area (Å²) in [6.45, 7) is -0.230. The number of amides is 1. The molecule has 0 bridgehead atoms. The molecule has 3 aromatic rings. The van der Waals surface area contributed by atoms with Crippen molar-refractivity contribution in [2.75, 3.05) is 23.3 Å². The summed E-state index contributed by atoms with van der Waals surface area (Å²) in [7, 11) is 0. The largest absolute Gasteiger partial charge is 0.573 e. The molecular formula is C27H21BrF7N3O2. The molecule has 2 aliphatic rings. The van der Waals surface area contributed by atoms with Gasteiger partial charge in [0.05, 0.1) is 5.56 Å². The Morgan fingerprint density at radius 3 is 2.20 bits per heavy atom. The number of anilines is 2. The van der Waals surface area contributed by atoms with Crippen LogP contribution in [0.3, 0.4) is 0 Å². The van der Waals surface area contributed by atoms with Gasteiger partial charge in [-0.05, 0) is 60.2 Å². The van der Waals surface area contributed by atoms with E-state index in [4.69, 9.17) is 0 Å². The molecule has 0 saturated carbocycles.